The van der Waals surface area contributed by atoms with Gasteiger partial charge in [-0.05, 0) is 63.6 Å². The highest BCUT2D eigenvalue weighted by molar-refractivity contribution is 5.77. The molecule has 0 amide bonds. The Balaban J connectivity index is 1.63. The molecule has 3 rings (SSSR count). The summed E-state index contributed by atoms with van der Waals surface area (Å²) in [5.74, 6) is 0.281. The summed E-state index contributed by atoms with van der Waals surface area (Å²) in [7, 11) is 1.69. The molecule has 34 heavy (non-hydrogen) atoms. The summed E-state index contributed by atoms with van der Waals surface area (Å²) < 4.78 is 22.7. The monoisotopic (exact) mass is 474 g/mol. The van der Waals surface area contributed by atoms with E-state index in [1.807, 2.05) is 26.0 Å². The highest BCUT2D eigenvalue weighted by Gasteiger charge is 2.52. The fourth-order valence-corrected chi connectivity index (χ4v) is 5.38. The Bertz CT molecular complexity index is 1050. The van der Waals surface area contributed by atoms with Crippen molar-refractivity contribution in [2.75, 3.05) is 13.7 Å². The Labute approximate surface area is 201 Å². The summed E-state index contributed by atoms with van der Waals surface area (Å²) in [6, 6.07) is 8.55. The maximum atomic E-state index is 11.6. The molecule has 2 aromatic rings. The number of hydrogen-bond donors (Lipinski definition) is 1. The molecule has 0 aliphatic heterocycles. The Morgan fingerprint density at radius 3 is 2.59 bits per heavy atom. The van der Waals surface area contributed by atoms with Gasteiger partial charge in [-0.15, -0.1) is 0 Å². The van der Waals surface area contributed by atoms with Gasteiger partial charge in [0.15, 0.2) is 0 Å². The number of rotatable bonds is 9. The minimum atomic E-state index is -0.847. The summed E-state index contributed by atoms with van der Waals surface area (Å²) in [4.78, 5) is 23.1. The molecule has 0 saturated heterocycles. The normalized spacial score (nSPS) is 26.1. The molecule has 1 aliphatic rings. The third kappa shape index (κ3) is 5.99. The van der Waals surface area contributed by atoms with E-state index in [1.54, 1.807) is 19.2 Å². The maximum Gasteiger partial charge on any atom is 0.336 e. The minimum Gasteiger partial charge on any atom is -0.493 e. The van der Waals surface area contributed by atoms with E-state index >= 15 is 0 Å². The van der Waals surface area contributed by atoms with Gasteiger partial charge in [0.1, 0.15) is 17.4 Å². The van der Waals surface area contributed by atoms with Gasteiger partial charge in [-0.25, -0.2) is 4.79 Å². The van der Waals surface area contributed by atoms with E-state index in [1.165, 1.54) is 13.0 Å². The van der Waals surface area contributed by atoms with Gasteiger partial charge in [0.25, 0.3) is 0 Å². The molecule has 188 valence electrons. The number of carbonyl (C=O) groups excluding carboxylic acids is 1. The molecular formula is C27H38O7. The first-order chi connectivity index (χ1) is 15.9. The summed E-state index contributed by atoms with van der Waals surface area (Å²) in [5.41, 5.74) is -1.57. The van der Waals surface area contributed by atoms with Crippen LogP contribution in [0.5, 0.6) is 5.75 Å². The lowest BCUT2D eigenvalue weighted by Crippen LogP contribution is -2.55. The smallest absolute Gasteiger partial charge is 0.336 e. The van der Waals surface area contributed by atoms with E-state index in [2.05, 4.69) is 13.8 Å². The predicted octanol–water partition coefficient (Wildman–Crippen LogP) is 4.87. The standard InChI is InChI=1S/C27H38O7/c1-18(28)33-23-12-14-27(5,30)22(25(23,2)3)11-13-26(4,31-6)15-16-32-20-9-7-19-8-10-24(29)34-21(19)17-20/h7-10,17,22-23,30H,11-16H2,1-6H3. The molecule has 0 spiro atoms. The third-order valence-corrected chi connectivity index (χ3v) is 7.65. The fourth-order valence-electron chi connectivity index (χ4n) is 5.38. The molecule has 1 heterocycles. The lowest BCUT2D eigenvalue weighted by molar-refractivity contribution is -0.182. The van der Waals surface area contributed by atoms with E-state index in [-0.39, 0.29) is 23.4 Å². The number of fused-ring (bicyclic) bond motifs is 1. The molecule has 1 aromatic heterocycles. The molecule has 1 saturated carbocycles. The topological polar surface area (TPSA) is 95.2 Å². The SMILES string of the molecule is COC(C)(CCOc1ccc2ccc(=O)oc2c1)CCC1C(C)(O)CCC(OC(C)=O)C1(C)C. The van der Waals surface area contributed by atoms with Crippen molar-refractivity contribution >= 4 is 16.9 Å². The Morgan fingerprint density at radius 2 is 1.91 bits per heavy atom. The molecule has 0 radical (unpaired) electrons. The second-order valence-electron chi connectivity index (χ2n) is 10.6. The lowest BCUT2D eigenvalue weighted by Gasteiger charge is -2.52. The van der Waals surface area contributed by atoms with Gasteiger partial charge in [0, 0.05) is 43.4 Å². The molecule has 1 N–H and O–H groups in total. The van der Waals surface area contributed by atoms with Gasteiger partial charge < -0.3 is 23.7 Å². The lowest BCUT2D eigenvalue weighted by atomic mass is 9.58. The summed E-state index contributed by atoms with van der Waals surface area (Å²) in [6.07, 6.45) is 3.10. The van der Waals surface area contributed by atoms with Crippen LogP contribution in [0.15, 0.2) is 39.5 Å². The molecule has 4 atom stereocenters. The molecular weight excluding hydrogens is 436 g/mol. The first kappa shape index (κ1) is 26.2. The average Bonchev–Trinajstić information content (AvgIpc) is 2.75. The maximum absolute atomic E-state index is 11.6. The van der Waals surface area contributed by atoms with E-state index in [0.29, 0.717) is 37.2 Å². The summed E-state index contributed by atoms with van der Waals surface area (Å²) >= 11 is 0. The van der Waals surface area contributed by atoms with E-state index in [9.17, 15) is 14.7 Å². The Hall–Kier alpha value is -2.38. The van der Waals surface area contributed by atoms with E-state index in [4.69, 9.17) is 18.6 Å². The summed E-state index contributed by atoms with van der Waals surface area (Å²) in [5, 5.41) is 12.0. The Kier molecular flexibility index (Phi) is 7.78. The van der Waals surface area contributed by atoms with Gasteiger partial charge in [-0.1, -0.05) is 13.8 Å². The highest BCUT2D eigenvalue weighted by Crippen LogP contribution is 2.50. The molecule has 4 unspecified atom stereocenters. The Morgan fingerprint density at radius 1 is 1.21 bits per heavy atom. The number of carbonyl (C=O) groups is 1. The van der Waals surface area contributed by atoms with Gasteiger partial charge in [0.2, 0.25) is 0 Å². The first-order valence-corrected chi connectivity index (χ1v) is 12.0. The summed E-state index contributed by atoms with van der Waals surface area (Å²) in [6.45, 7) is 9.93. The van der Waals surface area contributed by atoms with Gasteiger partial charge >= 0.3 is 11.6 Å². The van der Waals surface area contributed by atoms with Crippen LogP contribution in [-0.2, 0) is 14.3 Å². The second-order valence-corrected chi connectivity index (χ2v) is 10.6. The van der Waals surface area contributed by atoms with Crippen LogP contribution < -0.4 is 10.4 Å². The van der Waals surface area contributed by atoms with Crippen LogP contribution in [0.25, 0.3) is 11.0 Å². The van der Waals surface area contributed by atoms with Crippen LogP contribution >= 0.6 is 0 Å². The molecule has 0 bridgehead atoms. The molecule has 1 fully saturated rings. The molecule has 1 aliphatic carbocycles. The van der Waals surface area contributed by atoms with Crippen molar-refractivity contribution < 1.29 is 28.5 Å². The van der Waals surface area contributed by atoms with Crippen LogP contribution in [0.3, 0.4) is 0 Å². The quantitative estimate of drug-likeness (QED) is 0.409. The van der Waals surface area contributed by atoms with Crippen molar-refractivity contribution in [3.8, 4) is 5.75 Å². The predicted molar refractivity (Wildman–Crippen MR) is 130 cm³/mol. The van der Waals surface area contributed by atoms with Crippen molar-refractivity contribution in [3.63, 3.8) is 0 Å². The minimum absolute atomic E-state index is 0.0584. The number of aliphatic hydroxyl groups is 1. The van der Waals surface area contributed by atoms with Crippen molar-refractivity contribution in [1.29, 1.82) is 0 Å². The fraction of sp³-hybridized carbons (Fsp3) is 0.630. The van der Waals surface area contributed by atoms with E-state index < -0.39 is 16.8 Å². The first-order valence-electron chi connectivity index (χ1n) is 12.0. The molecule has 7 nitrogen and oxygen atoms in total. The third-order valence-electron chi connectivity index (χ3n) is 7.65. The van der Waals surface area contributed by atoms with Crippen molar-refractivity contribution in [2.24, 2.45) is 11.3 Å². The van der Waals surface area contributed by atoms with Crippen molar-refractivity contribution in [3.05, 3.63) is 40.8 Å². The van der Waals surface area contributed by atoms with Crippen LogP contribution in [0.4, 0.5) is 0 Å². The second kappa shape index (κ2) is 10.1. The van der Waals surface area contributed by atoms with Gasteiger partial charge in [0.05, 0.1) is 17.8 Å². The van der Waals surface area contributed by atoms with Crippen LogP contribution in [-0.4, -0.2) is 42.1 Å². The van der Waals surface area contributed by atoms with Crippen LogP contribution in [0.1, 0.15) is 66.7 Å². The zero-order valence-corrected chi connectivity index (χ0v) is 21.2. The zero-order chi connectivity index (χ0) is 25.1. The number of ether oxygens (including phenoxy) is 3. The highest BCUT2D eigenvalue weighted by atomic mass is 16.5. The number of hydrogen-bond acceptors (Lipinski definition) is 7. The average molecular weight is 475 g/mol. The van der Waals surface area contributed by atoms with E-state index in [0.717, 1.165) is 18.2 Å². The van der Waals surface area contributed by atoms with Gasteiger partial charge in [-0.3, -0.25) is 4.79 Å². The van der Waals surface area contributed by atoms with Crippen LogP contribution in [0, 0.1) is 11.3 Å². The number of methoxy groups -OCH3 is 1. The number of benzene rings is 1. The van der Waals surface area contributed by atoms with Gasteiger partial charge in [-0.2, -0.15) is 0 Å². The largest absolute Gasteiger partial charge is 0.493 e. The zero-order valence-electron chi connectivity index (χ0n) is 21.2. The molecule has 1 aromatic carbocycles. The van der Waals surface area contributed by atoms with Crippen molar-refractivity contribution in [2.45, 2.75) is 84.0 Å². The number of esters is 1. The molecule has 7 heteroatoms. The van der Waals surface area contributed by atoms with Crippen LogP contribution in [0.2, 0.25) is 0 Å². The van der Waals surface area contributed by atoms with Crippen molar-refractivity contribution in [1.82, 2.24) is 0 Å².